The minimum absolute atomic E-state index is 0.123. The maximum absolute atomic E-state index is 13.2. The maximum Gasteiger partial charge on any atom is 0.276 e. The third-order valence-electron chi connectivity index (χ3n) is 5.58. The van der Waals surface area contributed by atoms with E-state index in [1.807, 2.05) is 30.3 Å². The van der Waals surface area contributed by atoms with Crippen LogP contribution >= 0.6 is 0 Å². The molecule has 0 saturated carbocycles. The van der Waals surface area contributed by atoms with Gasteiger partial charge in [0, 0.05) is 13.1 Å². The molecule has 1 N–H and O–H groups in total. The summed E-state index contributed by atoms with van der Waals surface area (Å²) in [5.41, 5.74) is 2.49. The topological polar surface area (TPSA) is 71.2 Å². The molecule has 3 aromatic rings. The standard InChI is InChI=1S/C22H23FN4O2/c1-15-20(24-25-27(15)19-9-7-18(23)8-10-19)22(29)26-13-11-17(12-14-26)21(28)16-5-3-2-4-6-16/h2-10,17,21,28H,11-14H2,1H3. The highest BCUT2D eigenvalue weighted by molar-refractivity contribution is 5.93. The van der Waals surface area contributed by atoms with E-state index in [2.05, 4.69) is 10.3 Å². The summed E-state index contributed by atoms with van der Waals surface area (Å²) in [6.45, 7) is 2.91. The Morgan fingerprint density at radius 3 is 2.41 bits per heavy atom. The van der Waals surface area contributed by atoms with Crippen molar-refractivity contribution in [2.75, 3.05) is 13.1 Å². The predicted molar refractivity (Wildman–Crippen MR) is 106 cm³/mol. The van der Waals surface area contributed by atoms with Crippen LogP contribution in [0, 0.1) is 18.7 Å². The third kappa shape index (κ3) is 3.91. The van der Waals surface area contributed by atoms with Gasteiger partial charge in [-0.25, -0.2) is 9.07 Å². The van der Waals surface area contributed by atoms with Crippen LogP contribution in [0.15, 0.2) is 54.6 Å². The van der Waals surface area contributed by atoms with Crippen molar-refractivity contribution < 1.29 is 14.3 Å². The van der Waals surface area contributed by atoms with E-state index in [1.165, 1.54) is 12.1 Å². The monoisotopic (exact) mass is 394 g/mol. The summed E-state index contributed by atoms with van der Waals surface area (Å²) < 4.78 is 14.7. The molecule has 1 aliphatic rings. The average Bonchev–Trinajstić information content (AvgIpc) is 3.15. The number of likely N-dealkylation sites (tertiary alicyclic amines) is 1. The fourth-order valence-electron chi connectivity index (χ4n) is 3.84. The first-order valence-electron chi connectivity index (χ1n) is 9.75. The van der Waals surface area contributed by atoms with Crippen LogP contribution in [0.1, 0.15) is 40.7 Å². The van der Waals surface area contributed by atoms with E-state index < -0.39 is 6.10 Å². The second kappa shape index (κ2) is 8.13. The molecule has 150 valence electrons. The molecule has 1 aliphatic heterocycles. The van der Waals surface area contributed by atoms with Crippen molar-refractivity contribution >= 4 is 5.91 Å². The number of aromatic nitrogens is 3. The zero-order valence-electron chi connectivity index (χ0n) is 16.2. The number of rotatable bonds is 4. The number of piperidine rings is 1. The number of aliphatic hydroxyl groups excluding tert-OH is 1. The molecule has 2 heterocycles. The smallest absolute Gasteiger partial charge is 0.276 e. The number of benzene rings is 2. The number of carbonyl (C=O) groups is 1. The van der Waals surface area contributed by atoms with Gasteiger partial charge in [-0.2, -0.15) is 0 Å². The lowest BCUT2D eigenvalue weighted by Crippen LogP contribution is -2.40. The van der Waals surface area contributed by atoms with E-state index in [9.17, 15) is 14.3 Å². The van der Waals surface area contributed by atoms with Crippen molar-refractivity contribution in [1.29, 1.82) is 0 Å². The van der Waals surface area contributed by atoms with Crippen molar-refractivity contribution in [1.82, 2.24) is 19.9 Å². The van der Waals surface area contributed by atoms with Crippen molar-refractivity contribution in [3.05, 3.63) is 77.4 Å². The molecule has 29 heavy (non-hydrogen) atoms. The van der Waals surface area contributed by atoms with Crippen molar-refractivity contribution in [2.24, 2.45) is 5.92 Å². The van der Waals surface area contributed by atoms with Crippen LogP contribution in [0.5, 0.6) is 0 Å². The number of halogens is 1. The van der Waals surface area contributed by atoms with Gasteiger partial charge in [0.25, 0.3) is 5.91 Å². The molecule has 0 aliphatic carbocycles. The van der Waals surface area contributed by atoms with Gasteiger partial charge in [0.1, 0.15) is 5.82 Å². The van der Waals surface area contributed by atoms with Crippen molar-refractivity contribution in [2.45, 2.75) is 25.9 Å². The van der Waals surface area contributed by atoms with Crippen LogP contribution in [0.25, 0.3) is 5.69 Å². The lowest BCUT2D eigenvalue weighted by atomic mass is 9.87. The van der Waals surface area contributed by atoms with Gasteiger partial charge >= 0.3 is 0 Å². The van der Waals surface area contributed by atoms with Gasteiger partial charge in [0.15, 0.2) is 5.69 Å². The minimum atomic E-state index is -0.519. The molecule has 0 radical (unpaired) electrons. The summed E-state index contributed by atoms with van der Waals surface area (Å²) in [6.07, 6.45) is 0.939. The highest BCUT2D eigenvalue weighted by Gasteiger charge is 2.30. The van der Waals surface area contributed by atoms with Crippen LogP contribution in [-0.2, 0) is 0 Å². The minimum Gasteiger partial charge on any atom is -0.388 e. The van der Waals surface area contributed by atoms with Gasteiger partial charge in [-0.1, -0.05) is 35.5 Å². The molecule has 1 saturated heterocycles. The molecule has 1 unspecified atom stereocenters. The van der Waals surface area contributed by atoms with E-state index >= 15 is 0 Å². The average molecular weight is 394 g/mol. The van der Waals surface area contributed by atoms with E-state index in [4.69, 9.17) is 0 Å². The Kier molecular flexibility index (Phi) is 5.40. The fraction of sp³-hybridized carbons (Fsp3) is 0.318. The Labute approximate surface area is 168 Å². The summed E-state index contributed by atoms with van der Waals surface area (Å²) in [5, 5.41) is 18.8. The molecule has 1 aromatic heterocycles. The summed E-state index contributed by atoms with van der Waals surface area (Å²) in [7, 11) is 0. The third-order valence-corrected chi connectivity index (χ3v) is 5.58. The highest BCUT2D eigenvalue weighted by Crippen LogP contribution is 2.31. The second-order valence-electron chi connectivity index (χ2n) is 7.40. The van der Waals surface area contributed by atoms with Crippen LogP contribution in [0.3, 0.4) is 0 Å². The molecule has 0 bridgehead atoms. The van der Waals surface area contributed by atoms with Gasteiger partial charge in [0.2, 0.25) is 0 Å². The summed E-state index contributed by atoms with van der Waals surface area (Å²) in [4.78, 5) is 14.7. The number of amides is 1. The van der Waals surface area contributed by atoms with Crippen LogP contribution in [0.2, 0.25) is 0 Å². The molecule has 1 fully saturated rings. The Balaban J connectivity index is 1.43. The van der Waals surface area contributed by atoms with Gasteiger partial charge < -0.3 is 10.0 Å². The first kappa shape index (κ1) is 19.3. The molecule has 7 heteroatoms. The van der Waals surface area contributed by atoms with Crippen molar-refractivity contribution in [3.63, 3.8) is 0 Å². The molecular formula is C22H23FN4O2. The number of nitrogens with zero attached hydrogens (tertiary/aromatic N) is 4. The van der Waals surface area contributed by atoms with Crippen LogP contribution < -0.4 is 0 Å². The number of hydrogen-bond donors (Lipinski definition) is 1. The summed E-state index contributed by atoms with van der Waals surface area (Å²) >= 11 is 0. The van der Waals surface area contributed by atoms with Gasteiger partial charge in [-0.15, -0.1) is 5.10 Å². The van der Waals surface area contributed by atoms with Crippen LogP contribution in [0.4, 0.5) is 4.39 Å². The van der Waals surface area contributed by atoms with E-state index in [1.54, 1.807) is 28.6 Å². The van der Waals surface area contributed by atoms with E-state index in [-0.39, 0.29) is 17.6 Å². The van der Waals surface area contributed by atoms with Crippen LogP contribution in [-0.4, -0.2) is 44.0 Å². The zero-order chi connectivity index (χ0) is 20.4. The lowest BCUT2D eigenvalue weighted by molar-refractivity contribution is 0.0458. The Morgan fingerprint density at radius 2 is 1.76 bits per heavy atom. The molecular weight excluding hydrogens is 371 g/mol. The SMILES string of the molecule is Cc1c(C(=O)N2CCC(C(O)c3ccccc3)CC2)nnn1-c1ccc(F)cc1. The fourth-order valence-corrected chi connectivity index (χ4v) is 3.84. The quantitative estimate of drug-likeness (QED) is 0.737. The van der Waals surface area contributed by atoms with Gasteiger partial charge in [0.05, 0.1) is 17.5 Å². The molecule has 2 aromatic carbocycles. The molecule has 4 rings (SSSR count). The molecule has 6 nitrogen and oxygen atoms in total. The second-order valence-corrected chi connectivity index (χ2v) is 7.40. The normalized spacial score (nSPS) is 16.0. The Morgan fingerprint density at radius 1 is 1.10 bits per heavy atom. The van der Waals surface area contributed by atoms with Gasteiger partial charge in [-0.3, -0.25) is 4.79 Å². The molecule has 1 atom stereocenters. The Bertz CT molecular complexity index is 980. The zero-order valence-corrected chi connectivity index (χ0v) is 16.2. The predicted octanol–water partition coefficient (Wildman–Crippen LogP) is 3.30. The first-order chi connectivity index (χ1) is 14.0. The number of carbonyl (C=O) groups excluding carboxylic acids is 1. The van der Waals surface area contributed by atoms with Gasteiger partial charge in [-0.05, 0) is 55.5 Å². The van der Waals surface area contributed by atoms with Crippen molar-refractivity contribution in [3.8, 4) is 5.69 Å². The van der Waals surface area contributed by atoms with E-state index in [0.29, 0.717) is 30.2 Å². The summed E-state index contributed by atoms with van der Waals surface area (Å²) in [5.74, 6) is -0.371. The first-order valence-corrected chi connectivity index (χ1v) is 9.75. The summed E-state index contributed by atoms with van der Waals surface area (Å²) in [6, 6.07) is 15.5. The lowest BCUT2D eigenvalue weighted by Gasteiger charge is -2.34. The molecule has 0 spiro atoms. The largest absolute Gasteiger partial charge is 0.388 e. The van der Waals surface area contributed by atoms with E-state index in [0.717, 1.165) is 18.4 Å². The highest BCUT2D eigenvalue weighted by atomic mass is 19.1. The number of aliphatic hydroxyl groups is 1. The maximum atomic E-state index is 13.2. The molecule has 1 amide bonds. The number of hydrogen-bond acceptors (Lipinski definition) is 4. The Hall–Kier alpha value is -3.06.